The lowest BCUT2D eigenvalue weighted by atomic mass is 9.77. The zero-order chi connectivity index (χ0) is 13.6. The van der Waals surface area contributed by atoms with Crippen molar-refractivity contribution in [3.63, 3.8) is 0 Å². The lowest BCUT2D eigenvalue weighted by Gasteiger charge is -2.50. The standard InChI is InChI=1S/C10H12F3NO4/c11-10(12,13)7(15)14(8(16)17)9-3-1-6(2-4-9)18-5-9/h6H,1-5H2,(H,16,17). The summed E-state index contributed by atoms with van der Waals surface area (Å²) in [5.41, 5.74) is -1.35. The summed E-state index contributed by atoms with van der Waals surface area (Å²) in [7, 11) is 0. The molecule has 2 bridgehead atoms. The minimum Gasteiger partial charge on any atom is -0.465 e. The Morgan fingerprint density at radius 1 is 1.28 bits per heavy atom. The maximum Gasteiger partial charge on any atom is 0.471 e. The lowest BCUT2D eigenvalue weighted by Crippen LogP contribution is -2.64. The Morgan fingerprint density at radius 3 is 2.17 bits per heavy atom. The number of hydrogen-bond acceptors (Lipinski definition) is 3. The van der Waals surface area contributed by atoms with Gasteiger partial charge in [-0.3, -0.25) is 4.79 Å². The number of halogens is 3. The Hall–Kier alpha value is -1.31. The normalized spacial score (nSPS) is 31.2. The summed E-state index contributed by atoms with van der Waals surface area (Å²) in [6.45, 7) is -0.147. The summed E-state index contributed by atoms with van der Waals surface area (Å²) < 4.78 is 42.6. The monoisotopic (exact) mass is 267 g/mol. The second-order valence-corrected chi connectivity index (χ2v) is 4.66. The van der Waals surface area contributed by atoms with Gasteiger partial charge in [-0.2, -0.15) is 13.2 Å². The number of carbonyl (C=O) groups excluding carboxylic acids is 1. The summed E-state index contributed by atoms with van der Waals surface area (Å²) in [5.74, 6) is -2.33. The molecule has 3 aliphatic rings. The molecule has 3 rings (SSSR count). The van der Waals surface area contributed by atoms with Crippen LogP contribution in [0.5, 0.6) is 0 Å². The molecule has 0 aromatic heterocycles. The Balaban J connectivity index is 2.30. The van der Waals surface area contributed by atoms with Crippen molar-refractivity contribution in [3.8, 4) is 0 Å². The van der Waals surface area contributed by atoms with Crippen LogP contribution in [0, 0.1) is 0 Å². The van der Waals surface area contributed by atoms with Gasteiger partial charge in [-0.1, -0.05) is 0 Å². The van der Waals surface area contributed by atoms with Gasteiger partial charge in [0.2, 0.25) is 0 Å². The minimum absolute atomic E-state index is 0.0245. The van der Waals surface area contributed by atoms with Gasteiger partial charge >= 0.3 is 18.2 Å². The molecule has 18 heavy (non-hydrogen) atoms. The molecule has 2 saturated heterocycles. The number of hydrogen-bond donors (Lipinski definition) is 1. The van der Waals surface area contributed by atoms with E-state index in [1.807, 2.05) is 0 Å². The molecule has 0 spiro atoms. The largest absolute Gasteiger partial charge is 0.471 e. The smallest absolute Gasteiger partial charge is 0.465 e. The van der Waals surface area contributed by atoms with Gasteiger partial charge in [0.1, 0.15) is 0 Å². The molecule has 8 heteroatoms. The molecule has 5 nitrogen and oxygen atoms in total. The van der Waals surface area contributed by atoms with Gasteiger partial charge in [0.05, 0.1) is 18.2 Å². The summed E-state index contributed by atoms with van der Waals surface area (Å²) in [6.07, 6.45) is -5.67. The molecule has 0 aromatic rings. The van der Waals surface area contributed by atoms with Gasteiger partial charge in [0.25, 0.3) is 0 Å². The average Bonchev–Trinajstić information content (AvgIpc) is 2.29. The van der Waals surface area contributed by atoms with Gasteiger partial charge in [-0.15, -0.1) is 0 Å². The maximum atomic E-state index is 12.4. The third-order valence-electron chi connectivity index (χ3n) is 3.56. The Kier molecular flexibility index (Phi) is 3.00. The third-order valence-corrected chi connectivity index (χ3v) is 3.56. The molecule has 1 saturated carbocycles. The van der Waals surface area contributed by atoms with Crippen molar-refractivity contribution in [2.45, 2.75) is 43.5 Å². The molecular formula is C10H12F3NO4. The highest BCUT2D eigenvalue weighted by Gasteiger charge is 2.56. The number of carboxylic acid groups (broad SMARTS) is 1. The van der Waals surface area contributed by atoms with Crippen molar-refractivity contribution in [1.29, 1.82) is 0 Å². The van der Waals surface area contributed by atoms with E-state index in [4.69, 9.17) is 9.84 Å². The van der Waals surface area contributed by atoms with E-state index in [-0.39, 0.29) is 30.5 Å². The van der Waals surface area contributed by atoms with Crippen LogP contribution >= 0.6 is 0 Å². The summed E-state index contributed by atoms with van der Waals surface area (Å²) in [5, 5.41) is 8.92. The quantitative estimate of drug-likeness (QED) is 0.786. The van der Waals surface area contributed by atoms with Gasteiger partial charge in [0, 0.05) is 0 Å². The van der Waals surface area contributed by atoms with E-state index in [0.29, 0.717) is 12.8 Å². The van der Waals surface area contributed by atoms with Gasteiger partial charge < -0.3 is 9.84 Å². The Bertz CT molecular complexity index is 360. The topological polar surface area (TPSA) is 66.8 Å². The van der Waals surface area contributed by atoms with Crippen LogP contribution in [0.1, 0.15) is 25.7 Å². The molecule has 102 valence electrons. The number of carbonyl (C=O) groups is 2. The first-order valence-corrected chi connectivity index (χ1v) is 5.52. The van der Waals surface area contributed by atoms with E-state index in [1.54, 1.807) is 0 Å². The first-order chi connectivity index (χ1) is 8.26. The van der Waals surface area contributed by atoms with Crippen LogP contribution in [0.25, 0.3) is 0 Å². The van der Waals surface area contributed by atoms with E-state index in [9.17, 15) is 22.8 Å². The van der Waals surface area contributed by atoms with E-state index in [2.05, 4.69) is 0 Å². The van der Waals surface area contributed by atoms with Crippen LogP contribution in [-0.4, -0.2) is 46.4 Å². The number of rotatable bonds is 1. The predicted octanol–water partition coefficient (Wildman–Crippen LogP) is 1.77. The molecule has 0 aromatic carbocycles. The van der Waals surface area contributed by atoms with Gasteiger partial charge in [-0.05, 0) is 25.7 Å². The molecule has 0 atom stereocenters. The molecule has 0 unspecified atom stereocenters. The van der Waals surface area contributed by atoms with Crippen molar-refractivity contribution in [2.24, 2.45) is 0 Å². The first-order valence-electron chi connectivity index (χ1n) is 5.52. The fraction of sp³-hybridized carbons (Fsp3) is 0.800. The van der Waals surface area contributed by atoms with Crippen molar-refractivity contribution in [1.82, 2.24) is 4.90 Å². The second kappa shape index (κ2) is 4.11. The predicted molar refractivity (Wildman–Crippen MR) is 51.9 cm³/mol. The van der Waals surface area contributed by atoms with Crippen LogP contribution in [0.3, 0.4) is 0 Å². The molecule has 1 aliphatic carbocycles. The molecule has 2 amide bonds. The zero-order valence-electron chi connectivity index (χ0n) is 9.37. The molecular weight excluding hydrogens is 255 g/mol. The van der Waals surface area contributed by atoms with Gasteiger partial charge in [0.15, 0.2) is 0 Å². The molecule has 2 heterocycles. The van der Waals surface area contributed by atoms with E-state index in [0.717, 1.165) is 0 Å². The number of ether oxygens (including phenoxy) is 1. The summed E-state index contributed by atoms with van der Waals surface area (Å²) in [4.78, 5) is 22.2. The minimum atomic E-state index is -5.19. The number of nitrogens with zero attached hydrogens (tertiary/aromatic N) is 1. The molecule has 2 aliphatic heterocycles. The van der Waals surface area contributed by atoms with E-state index < -0.39 is 23.7 Å². The molecule has 1 N–H and O–H groups in total. The fourth-order valence-corrected chi connectivity index (χ4v) is 2.63. The van der Waals surface area contributed by atoms with Crippen molar-refractivity contribution in [3.05, 3.63) is 0 Å². The summed E-state index contributed by atoms with van der Waals surface area (Å²) in [6, 6.07) is 0. The zero-order valence-corrected chi connectivity index (χ0v) is 9.37. The molecule has 0 radical (unpaired) electrons. The number of imide groups is 1. The highest BCUT2D eigenvalue weighted by molar-refractivity contribution is 5.95. The van der Waals surface area contributed by atoms with E-state index in [1.165, 1.54) is 0 Å². The SMILES string of the molecule is O=C(O)N(C(=O)C(F)(F)F)C12CCC(CC1)OC2. The first kappa shape index (κ1) is 13.1. The third kappa shape index (κ3) is 2.05. The van der Waals surface area contributed by atoms with Crippen LogP contribution in [0.15, 0.2) is 0 Å². The fourth-order valence-electron chi connectivity index (χ4n) is 2.63. The Morgan fingerprint density at radius 2 is 1.83 bits per heavy atom. The van der Waals surface area contributed by atoms with Crippen LogP contribution < -0.4 is 0 Å². The number of amides is 2. The number of fused-ring (bicyclic) bond motifs is 3. The van der Waals surface area contributed by atoms with Crippen molar-refractivity contribution >= 4 is 12.0 Å². The van der Waals surface area contributed by atoms with Crippen LogP contribution in [0.4, 0.5) is 18.0 Å². The van der Waals surface area contributed by atoms with Crippen LogP contribution in [-0.2, 0) is 9.53 Å². The van der Waals surface area contributed by atoms with Crippen LogP contribution in [0.2, 0.25) is 0 Å². The maximum absolute atomic E-state index is 12.4. The summed E-state index contributed by atoms with van der Waals surface area (Å²) >= 11 is 0. The second-order valence-electron chi connectivity index (χ2n) is 4.66. The highest BCUT2D eigenvalue weighted by atomic mass is 19.4. The van der Waals surface area contributed by atoms with Gasteiger partial charge in [-0.25, -0.2) is 9.69 Å². The highest BCUT2D eigenvalue weighted by Crippen LogP contribution is 2.42. The van der Waals surface area contributed by atoms with E-state index >= 15 is 0 Å². The number of alkyl halides is 3. The van der Waals surface area contributed by atoms with Crippen molar-refractivity contribution in [2.75, 3.05) is 6.61 Å². The Labute approximate surface area is 100 Å². The van der Waals surface area contributed by atoms with Crippen molar-refractivity contribution < 1.29 is 32.6 Å². The molecule has 3 fully saturated rings. The average molecular weight is 267 g/mol. The lowest BCUT2D eigenvalue weighted by molar-refractivity contribution is -0.199.